The molecule has 2 aromatic carbocycles. The molecule has 0 heterocycles. The fraction of sp³-hybridized carbons (Fsp3) is 0.235. The van der Waals surface area contributed by atoms with E-state index in [-0.39, 0.29) is 0 Å². The third kappa shape index (κ3) is 3.18. The van der Waals surface area contributed by atoms with Crippen molar-refractivity contribution in [3.8, 4) is 0 Å². The highest BCUT2D eigenvalue weighted by Gasteiger charge is 2.08. The van der Waals surface area contributed by atoms with Crippen LogP contribution in [-0.4, -0.2) is 18.1 Å². The molecule has 3 heteroatoms. The quantitative estimate of drug-likeness (QED) is 0.921. The molecule has 0 fully saturated rings. The predicted molar refractivity (Wildman–Crippen MR) is 81.4 cm³/mol. The van der Waals surface area contributed by atoms with E-state index in [2.05, 4.69) is 36.1 Å². The summed E-state index contributed by atoms with van der Waals surface area (Å²) in [7, 11) is 2.04. The first-order chi connectivity index (χ1) is 9.47. The van der Waals surface area contributed by atoms with Crippen molar-refractivity contribution in [1.29, 1.82) is 0 Å². The summed E-state index contributed by atoms with van der Waals surface area (Å²) in [6.45, 7) is 4.78. The van der Waals surface area contributed by atoms with Gasteiger partial charge in [-0.1, -0.05) is 23.8 Å². The van der Waals surface area contributed by atoms with Gasteiger partial charge in [-0.05, 0) is 49.2 Å². The number of carboxylic acid groups (broad SMARTS) is 1. The van der Waals surface area contributed by atoms with E-state index in [9.17, 15) is 4.79 Å². The lowest BCUT2D eigenvalue weighted by molar-refractivity contribution is 0.0697. The number of rotatable bonds is 4. The molecule has 1 N–H and O–H groups in total. The smallest absolute Gasteiger partial charge is 0.335 e. The summed E-state index contributed by atoms with van der Waals surface area (Å²) >= 11 is 0. The van der Waals surface area contributed by atoms with Gasteiger partial charge in [0.2, 0.25) is 0 Å². The lowest BCUT2D eigenvalue weighted by atomic mass is 10.0. The molecule has 0 saturated carbocycles. The van der Waals surface area contributed by atoms with Crippen molar-refractivity contribution in [2.75, 3.05) is 11.9 Å². The second kappa shape index (κ2) is 5.78. The summed E-state index contributed by atoms with van der Waals surface area (Å²) in [4.78, 5) is 13.1. The first-order valence-electron chi connectivity index (χ1n) is 6.58. The molecule has 0 saturated heterocycles. The molecule has 0 atom stereocenters. The topological polar surface area (TPSA) is 40.5 Å². The number of aryl methyl sites for hydroxylation is 2. The predicted octanol–water partition coefficient (Wildman–Crippen LogP) is 3.64. The van der Waals surface area contributed by atoms with Crippen LogP contribution in [-0.2, 0) is 6.54 Å². The van der Waals surface area contributed by atoms with Crippen molar-refractivity contribution < 1.29 is 9.90 Å². The molecular weight excluding hydrogens is 250 g/mol. The van der Waals surface area contributed by atoms with E-state index in [1.54, 1.807) is 12.1 Å². The first-order valence-corrected chi connectivity index (χ1v) is 6.58. The Kier molecular flexibility index (Phi) is 4.08. The van der Waals surface area contributed by atoms with Gasteiger partial charge in [0.15, 0.2) is 0 Å². The van der Waals surface area contributed by atoms with Gasteiger partial charge in [-0.15, -0.1) is 0 Å². The first kappa shape index (κ1) is 14.1. The molecule has 0 aliphatic heterocycles. The van der Waals surface area contributed by atoms with Crippen molar-refractivity contribution in [2.24, 2.45) is 0 Å². The highest BCUT2D eigenvalue weighted by molar-refractivity contribution is 5.87. The molecule has 2 aromatic rings. The molecule has 0 amide bonds. The SMILES string of the molecule is Cc1ccc(N(C)Cc2ccc(C(=O)O)cc2C)cc1. The molecule has 104 valence electrons. The maximum atomic E-state index is 10.9. The van der Waals surface area contributed by atoms with E-state index >= 15 is 0 Å². The van der Waals surface area contributed by atoms with Crippen LogP contribution < -0.4 is 4.90 Å². The van der Waals surface area contributed by atoms with Crippen LogP contribution in [0, 0.1) is 13.8 Å². The highest BCUT2D eigenvalue weighted by Crippen LogP contribution is 2.19. The van der Waals surface area contributed by atoms with Crippen LogP contribution in [0.2, 0.25) is 0 Å². The number of carboxylic acids is 1. The minimum Gasteiger partial charge on any atom is -0.478 e. The highest BCUT2D eigenvalue weighted by atomic mass is 16.4. The molecule has 2 rings (SSSR count). The van der Waals surface area contributed by atoms with Crippen LogP contribution in [0.5, 0.6) is 0 Å². The normalized spacial score (nSPS) is 10.3. The Labute approximate surface area is 119 Å². The van der Waals surface area contributed by atoms with E-state index in [0.29, 0.717) is 5.56 Å². The van der Waals surface area contributed by atoms with Gasteiger partial charge in [-0.25, -0.2) is 4.79 Å². The number of aromatic carboxylic acids is 1. The number of hydrogen-bond acceptors (Lipinski definition) is 2. The largest absolute Gasteiger partial charge is 0.478 e. The second-order valence-corrected chi connectivity index (χ2v) is 5.14. The van der Waals surface area contributed by atoms with Gasteiger partial charge in [0.1, 0.15) is 0 Å². The van der Waals surface area contributed by atoms with E-state index < -0.39 is 5.97 Å². The molecule has 0 aromatic heterocycles. The number of anilines is 1. The van der Waals surface area contributed by atoms with Gasteiger partial charge in [0.05, 0.1) is 5.56 Å². The Morgan fingerprint density at radius 2 is 1.75 bits per heavy atom. The number of carbonyl (C=O) groups is 1. The minimum atomic E-state index is -0.883. The Bertz CT molecular complexity index is 617. The fourth-order valence-electron chi connectivity index (χ4n) is 2.15. The molecular formula is C17H19NO2. The van der Waals surface area contributed by atoms with Crippen LogP contribution in [0.4, 0.5) is 5.69 Å². The lowest BCUT2D eigenvalue weighted by Crippen LogP contribution is -2.17. The summed E-state index contributed by atoms with van der Waals surface area (Å²) in [5, 5.41) is 8.98. The van der Waals surface area contributed by atoms with Crippen LogP contribution in [0.3, 0.4) is 0 Å². The maximum Gasteiger partial charge on any atom is 0.335 e. The molecule has 0 radical (unpaired) electrons. The molecule has 0 spiro atoms. The van der Waals surface area contributed by atoms with Crippen molar-refractivity contribution in [1.82, 2.24) is 0 Å². The molecule has 0 aliphatic rings. The lowest BCUT2D eigenvalue weighted by Gasteiger charge is -2.21. The Balaban J connectivity index is 2.17. The van der Waals surface area contributed by atoms with Gasteiger partial charge in [-0.2, -0.15) is 0 Å². The summed E-state index contributed by atoms with van der Waals surface area (Å²) in [5.74, 6) is -0.883. The molecule has 0 aliphatic carbocycles. The van der Waals surface area contributed by atoms with Gasteiger partial charge in [-0.3, -0.25) is 0 Å². The maximum absolute atomic E-state index is 10.9. The number of nitrogens with zero attached hydrogens (tertiary/aromatic N) is 1. The molecule has 0 bridgehead atoms. The summed E-state index contributed by atoms with van der Waals surface area (Å²) in [6, 6.07) is 13.6. The summed E-state index contributed by atoms with van der Waals surface area (Å²) in [6.07, 6.45) is 0. The average molecular weight is 269 g/mol. The van der Waals surface area contributed by atoms with Crippen molar-refractivity contribution >= 4 is 11.7 Å². The second-order valence-electron chi connectivity index (χ2n) is 5.14. The van der Waals surface area contributed by atoms with Crippen molar-refractivity contribution in [3.63, 3.8) is 0 Å². The van der Waals surface area contributed by atoms with E-state index in [0.717, 1.165) is 23.4 Å². The minimum absolute atomic E-state index is 0.337. The van der Waals surface area contributed by atoms with E-state index in [1.165, 1.54) is 5.56 Å². The summed E-state index contributed by atoms with van der Waals surface area (Å²) in [5.41, 5.74) is 4.87. The molecule has 20 heavy (non-hydrogen) atoms. The number of hydrogen-bond donors (Lipinski definition) is 1. The number of benzene rings is 2. The summed E-state index contributed by atoms with van der Waals surface area (Å²) < 4.78 is 0. The van der Waals surface area contributed by atoms with Gasteiger partial charge in [0, 0.05) is 19.3 Å². The van der Waals surface area contributed by atoms with Gasteiger partial charge < -0.3 is 10.0 Å². The average Bonchev–Trinajstić information content (AvgIpc) is 2.41. The van der Waals surface area contributed by atoms with E-state index in [1.807, 2.05) is 20.0 Å². The zero-order chi connectivity index (χ0) is 14.7. The van der Waals surface area contributed by atoms with E-state index in [4.69, 9.17) is 5.11 Å². The van der Waals surface area contributed by atoms with Crippen LogP contribution in [0.15, 0.2) is 42.5 Å². The van der Waals surface area contributed by atoms with Crippen LogP contribution in [0.1, 0.15) is 27.0 Å². The zero-order valence-electron chi connectivity index (χ0n) is 12.1. The van der Waals surface area contributed by atoms with Crippen LogP contribution >= 0.6 is 0 Å². The molecule has 0 unspecified atom stereocenters. The van der Waals surface area contributed by atoms with Gasteiger partial charge >= 0.3 is 5.97 Å². The third-order valence-corrected chi connectivity index (χ3v) is 3.47. The standard InChI is InChI=1S/C17H19NO2/c1-12-4-8-16(9-5-12)18(3)11-15-7-6-14(17(19)20)10-13(15)2/h4-10H,11H2,1-3H3,(H,19,20). The fourth-order valence-corrected chi connectivity index (χ4v) is 2.15. The van der Waals surface area contributed by atoms with Crippen molar-refractivity contribution in [3.05, 3.63) is 64.7 Å². The molecule has 3 nitrogen and oxygen atoms in total. The van der Waals surface area contributed by atoms with Gasteiger partial charge in [0.25, 0.3) is 0 Å². The van der Waals surface area contributed by atoms with Crippen molar-refractivity contribution in [2.45, 2.75) is 20.4 Å². The Hall–Kier alpha value is -2.29. The van der Waals surface area contributed by atoms with Crippen LogP contribution in [0.25, 0.3) is 0 Å². The Morgan fingerprint density at radius 3 is 2.30 bits per heavy atom. The zero-order valence-corrected chi connectivity index (χ0v) is 12.1. The Morgan fingerprint density at radius 1 is 1.10 bits per heavy atom. The third-order valence-electron chi connectivity index (χ3n) is 3.47. The monoisotopic (exact) mass is 269 g/mol.